The van der Waals surface area contributed by atoms with Gasteiger partial charge in [-0.3, -0.25) is 4.79 Å². The fourth-order valence-corrected chi connectivity index (χ4v) is 1.37. The van der Waals surface area contributed by atoms with Crippen LogP contribution in [0.15, 0.2) is 12.4 Å². The van der Waals surface area contributed by atoms with E-state index in [9.17, 15) is 4.79 Å². The normalized spacial score (nSPS) is 15.0. The minimum Gasteiger partial charge on any atom is -0.466 e. The average molecular weight is 198 g/mol. The van der Waals surface area contributed by atoms with Gasteiger partial charge >= 0.3 is 5.97 Å². The topological polar surface area (TPSA) is 32.8 Å². The number of nitrogens with zero attached hydrogens (tertiary/aromatic N) is 2. The highest BCUT2D eigenvalue weighted by Crippen LogP contribution is 2.05. The third-order valence-corrected chi connectivity index (χ3v) is 2.08. The smallest absolute Gasteiger partial charge is 0.302 e. The van der Waals surface area contributed by atoms with E-state index in [0.29, 0.717) is 6.61 Å². The van der Waals surface area contributed by atoms with Gasteiger partial charge in [0.15, 0.2) is 0 Å². The highest BCUT2D eigenvalue weighted by atomic mass is 16.5. The molecule has 0 saturated heterocycles. The van der Waals surface area contributed by atoms with Crippen molar-refractivity contribution in [3.8, 4) is 0 Å². The van der Waals surface area contributed by atoms with Crippen molar-refractivity contribution in [2.75, 3.05) is 26.9 Å². The largest absolute Gasteiger partial charge is 0.466 e. The summed E-state index contributed by atoms with van der Waals surface area (Å²) in [5, 5.41) is 0. The van der Waals surface area contributed by atoms with Crippen molar-refractivity contribution in [3.05, 3.63) is 12.4 Å². The molecule has 1 rings (SSSR count). The van der Waals surface area contributed by atoms with Crippen LogP contribution in [-0.4, -0.2) is 42.6 Å². The Kier molecular flexibility index (Phi) is 4.29. The second-order valence-corrected chi connectivity index (χ2v) is 3.56. The monoisotopic (exact) mass is 198 g/mol. The summed E-state index contributed by atoms with van der Waals surface area (Å²) in [6, 6.07) is 0. The van der Waals surface area contributed by atoms with Crippen LogP contribution in [0.5, 0.6) is 0 Å². The number of carbonyl (C=O) groups excluding carboxylic acids is 1. The molecule has 0 atom stereocenters. The second kappa shape index (κ2) is 5.52. The van der Waals surface area contributed by atoms with E-state index < -0.39 is 0 Å². The lowest BCUT2D eigenvalue weighted by molar-refractivity contribution is -0.141. The predicted octanol–water partition coefficient (Wildman–Crippen LogP) is 1.01. The lowest BCUT2D eigenvalue weighted by atomic mass is 10.3. The molecule has 4 heteroatoms. The van der Waals surface area contributed by atoms with Crippen LogP contribution in [0.3, 0.4) is 0 Å². The fraction of sp³-hybridized carbons (Fsp3) is 0.700. The molecule has 1 heterocycles. The molecular formula is C10H18N2O2. The van der Waals surface area contributed by atoms with E-state index in [1.165, 1.54) is 6.92 Å². The van der Waals surface area contributed by atoms with Crippen molar-refractivity contribution in [2.24, 2.45) is 0 Å². The molecule has 0 N–H and O–H groups in total. The molecule has 1 aliphatic rings. The van der Waals surface area contributed by atoms with Gasteiger partial charge in [-0.2, -0.15) is 0 Å². The standard InChI is InChI=1S/C10H18N2O2/c1-10(13)14-8-4-3-5-12-7-6-11(2)9-12/h6-7H,3-5,8-9H2,1-2H3. The molecule has 0 spiro atoms. The third-order valence-electron chi connectivity index (χ3n) is 2.08. The van der Waals surface area contributed by atoms with Gasteiger partial charge in [0.2, 0.25) is 0 Å². The number of unbranched alkanes of at least 4 members (excludes halogenated alkanes) is 1. The van der Waals surface area contributed by atoms with Crippen LogP contribution in [-0.2, 0) is 9.53 Å². The Hall–Kier alpha value is -1.19. The fourth-order valence-electron chi connectivity index (χ4n) is 1.37. The van der Waals surface area contributed by atoms with E-state index in [0.717, 1.165) is 26.1 Å². The molecule has 1 aliphatic heterocycles. The van der Waals surface area contributed by atoms with E-state index in [-0.39, 0.29) is 5.97 Å². The maximum absolute atomic E-state index is 10.5. The highest BCUT2D eigenvalue weighted by molar-refractivity contribution is 5.65. The van der Waals surface area contributed by atoms with E-state index in [1.54, 1.807) is 0 Å². The number of hydrogen-bond donors (Lipinski definition) is 0. The highest BCUT2D eigenvalue weighted by Gasteiger charge is 2.06. The van der Waals surface area contributed by atoms with Gasteiger partial charge in [0, 0.05) is 32.9 Å². The first-order valence-electron chi connectivity index (χ1n) is 4.94. The third kappa shape index (κ3) is 4.16. The molecule has 0 aromatic carbocycles. The summed E-state index contributed by atoms with van der Waals surface area (Å²) < 4.78 is 4.84. The molecule has 0 aliphatic carbocycles. The lowest BCUT2D eigenvalue weighted by Gasteiger charge is -2.17. The van der Waals surface area contributed by atoms with Gasteiger partial charge in [-0.25, -0.2) is 0 Å². The Morgan fingerprint density at radius 3 is 2.79 bits per heavy atom. The second-order valence-electron chi connectivity index (χ2n) is 3.56. The first kappa shape index (κ1) is 10.9. The van der Waals surface area contributed by atoms with Crippen LogP contribution in [0, 0.1) is 0 Å². The van der Waals surface area contributed by atoms with Crippen molar-refractivity contribution >= 4 is 5.97 Å². The first-order chi connectivity index (χ1) is 6.68. The first-order valence-corrected chi connectivity index (χ1v) is 4.94. The summed E-state index contributed by atoms with van der Waals surface area (Å²) in [6.07, 6.45) is 6.15. The molecule has 0 amide bonds. The van der Waals surface area contributed by atoms with Gasteiger partial charge in [-0.15, -0.1) is 0 Å². The summed E-state index contributed by atoms with van der Waals surface area (Å²) in [5.74, 6) is -0.189. The molecule has 0 bridgehead atoms. The van der Waals surface area contributed by atoms with Gasteiger partial charge in [-0.1, -0.05) is 0 Å². The van der Waals surface area contributed by atoms with Crippen LogP contribution < -0.4 is 0 Å². The minimum atomic E-state index is -0.189. The van der Waals surface area contributed by atoms with Crippen molar-refractivity contribution < 1.29 is 9.53 Å². The predicted molar refractivity (Wildman–Crippen MR) is 54.3 cm³/mol. The van der Waals surface area contributed by atoms with Gasteiger partial charge in [0.05, 0.1) is 13.3 Å². The quantitative estimate of drug-likeness (QED) is 0.487. The van der Waals surface area contributed by atoms with Crippen LogP contribution in [0.4, 0.5) is 0 Å². The number of esters is 1. The number of rotatable bonds is 5. The zero-order valence-corrected chi connectivity index (χ0v) is 8.90. The van der Waals surface area contributed by atoms with Gasteiger partial charge in [-0.05, 0) is 12.8 Å². The summed E-state index contributed by atoms with van der Waals surface area (Å²) in [6.45, 7) is 3.98. The lowest BCUT2D eigenvalue weighted by Crippen LogP contribution is -2.23. The van der Waals surface area contributed by atoms with Crippen molar-refractivity contribution in [1.29, 1.82) is 0 Å². The number of ether oxygens (including phenoxy) is 1. The van der Waals surface area contributed by atoms with Crippen molar-refractivity contribution in [1.82, 2.24) is 9.80 Å². The molecule has 4 nitrogen and oxygen atoms in total. The summed E-state index contributed by atoms with van der Waals surface area (Å²) in [5.41, 5.74) is 0. The van der Waals surface area contributed by atoms with Crippen LogP contribution >= 0.6 is 0 Å². The molecule has 0 radical (unpaired) electrons. The Morgan fingerprint density at radius 2 is 2.21 bits per heavy atom. The summed E-state index contributed by atoms with van der Waals surface area (Å²) in [4.78, 5) is 14.8. The molecule has 0 unspecified atom stereocenters. The molecule has 14 heavy (non-hydrogen) atoms. The van der Waals surface area contributed by atoms with E-state index in [1.807, 2.05) is 0 Å². The zero-order chi connectivity index (χ0) is 10.4. The van der Waals surface area contributed by atoms with Gasteiger partial charge in [0.1, 0.15) is 0 Å². The van der Waals surface area contributed by atoms with Crippen LogP contribution in [0.1, 0.15) is 19.8 Å². The van der Waals surface area contributed by atoms with Crippen molar-refractivity contribution in [3.63, 3.8) is 0 Å². The molecule has 0 aromatic heterocycles. The van der Waals surface area contributed by atoms with E-state index >= 15 is 0 Å². The Balaban J connectivity index is 1.94. The Labute approximate surface area is 85.1 Å². The van der Waals surface area contributed by atoms with E-state index in [2.05, 4.69) is 29.2 Å². The molecular weight excluding hydrogens is 180 g/mol. The average Bonchev–Trinajstić information content (AvgIpc) is 2.50. The molecule has 0 aromatic rings. The van der Waals surface area contributed by atoms with Gasteiger partial charge < -0.3 is 14.5 Å². The SMILES string of the molecule is CC(=O)OCCCCN1C=CN(C)C1. The van der Waals surface area contributed by atoms with Crippen LogP contribution in [0.25, 0.3) is 0 Å². The maximum Gasteiger partial charge on any atom is 0.302 e. The number of hydrogen-bond acceptors (Lipinski definition) is 4. The minimum absolute atomic E-state index is 0.189. The molecule has 80 valence electrons. The van der Waals surface area contributed by atoms with Crippen molar-refractivity contribution in [2.45, 2.75) is 19.8 Å². The molecule has 0 saturated carbocycles. The summed E-state index contributed by atoms with van der Waals surface area (Å²) >= 11 is 0. The summed E-state index contributed by atoms with van der Waals surface area (Å²) in [7, 11) is 2.05. The van der Waals surface area contributed by atoms with Gasteiger partial charge in [0.25, 0.3) is 0 Å². The Bertz CT molecular complexity index is 216. The van der Waals surface area contributed by atoms with E-state index in [4.69, 9.17) is 4.74 Å². The maximum atomic E-state index is 10.5. The van der Waals surface area contributed by atoms with Crippen LogP contribution in [0.2, 0.25) is 0 Å². The Morgan fingerprint density at radius 1 is 1.43 bits per heavy atom. The number of carbonyl (C=O) groups is 1. The molecule has 0 fully saturated rings. The zero-order valence-electron chi connectivity index (χ0n) is 8.90.